The first-order valence-corrected chi connectivity index (χ1v) is 9.91. The van der Waals surface area contributed by atoms with Gasteiger partial charge in [0.15, 0.2) is 5.78 Å². The van der Waals surface area contributed by atoms with Crippen LogP contribution in [0, 0.1) is 12.7 Å². The van der Waals surface area contributed by atoms with Gasteiger partial charge in [-0.3, -0.25) is 9.59 Å². The Hall–Kier alpha value is -2.53. The number of halogens is 1. The van der Waals surface area contributed by atoms with Crippen molar-refractivity contribution >= 4 is 11.4 Å². The number of nitrogens with zero attached hydrogens (tertiary/aromatic N) is 1. The number of aromatic nitrogens is 1. The Balaban J connectivity index is 1.63. The number of carbonyl (C=O) groups excluding carboxylic acids is 1. The highest BCUT2D eigenvalue weighted by atomic mass is 19.1. The molecule has 0 bridgehead atoms. The van der Waals surface area contributed by atoms with Gasteiger partial charge in [0.1, 0.15) is 11.9 Å². The lowest BCUT2D eigenvalue weighted by atomic mass is 9.82. The zero-order valence-corrected chi connectivity index (χ0v) is 15.8. The van der Waals surface area contributed by atoms with Crippen LogP contribution in [0.15, 0.2) is 28.6 Å². The molecule has 1 N–H and O–H groups in total. The molecule has 0 saturated heterocycles. The van der Waals surface area contributed by atoms with Crippen molar-refractivity contribution in [3.63, 3.8) is 0 Å². The third-order valence-corrected chi connectivity index (χ3v) is 6.62. The van der Waals surface area contributed by atoms with E-state index in [0.717, 1.165) is 41.6 Å². The quantitative estimate of drug-likeness (QED) is 0.765. The molecule has 144 valence electrons. The number of aliphatic hydroxyl groups excluding tert-OH is 1. The van der Waals surface area contributed by atoms with Crippen molar-refractivity contribution in [3.8, 4) is 0 Å². The van der Waals surface area contributed by atoms with Crippen molar-refractivity contribution in [3.05, 3.63) is 73.5 Å². The molecule has 5 heteroatoms. The van der Waals surface area contributed by atoms with Crippen molar-refractivity contribution in [2.75, 3.05) is 0 Å². The number of ketones is 1. The summed E-state index contributed by atoms with van der Waals surface area (Å²) >= 11 is 0. The molecule has 0 spiro atoms. The number of hydrogen-bond donors (Lipinski definition) is 1. The van der Waals surface area contributed by atoms with Crippen LogP contribution in [0.1, 0.15) is 58.9 Å². The van der Waals surface area contributed by atoms with Crippen molar-refractivity contribution < 1.29 is 14.3 Å². The monoisotopic (exact) mass is 379 g/mol. The summed E-state index contributed by atoms with van der Waals surface area (Å²) in [4.78, 5) is 24.9. The lowest BCUT2D eigenvalue weighted by Crippen LogP contribution is -2.31. The fourth-order valence-electron chi connectivity index (χ4n) is 5.08. The number of rotatable bonds is 0. The normalized spacial score (nSPS) is 23.4. The van der Waals surface area contributed by atoms with Gasteiger partial charge < -0.3 is 9.67 Å². The summed E-state index contributed by atoms with van der Waals surface area (Å²) in [6, 6.07) is 5.25. The molecule has 2 heterocycles. The largest absolute Gasteiger partial charge is 0.381 e. The number of Topliss-reactive ketones (excluding diaryl/α,β-unsaturated/α-hetero) is 1. The van der Waals surface area contributed by atoms with Gasteiger partial charge >= 0.3 is 0 Å². The molecule has 1 aromatic heterocycles. The molecule has 0 radical (unpaired) electrons. The Kier molecular flexibility index (Phi) is 3.91. The van der Waals surface area contributed by atoms with Crippen molar-refractivity contribution in [2.45, 2.75) is 58.1 Å². The number of allylic oxidation sites excluding steroid dienone is 2. The Bertz CT molecular complexity index is 1130. The Morgan fingerprint density at radius 2 is 1.93 bits per heavy atom. The van der Waals surface area contributed by atoms with E-state index in [1.807, 2.05) is 19.1 Å². The maximum Gasteiger partial charge on any atom is 0.254 e. The van der Waals surface area contributed by atoms with Gasteiger partial charge in [-0.1, -0.05) is 6.07 Å². The van der Waals surface area contributed by atoms with E-state index in [-0.39, 0.29) is 23.6 Å². The molecule has 2 aliphatic carbocycles. The van der Waals surface area contributed by atoms with Gasteiger partial charge in [-0.15, -0.1) is 0 Å². The van der Waals surface area contributed by atoms with E-state index in [1.165, 1.54) is 17.2 Å². The van der Waals surface area contributed by atoms with Crippen LogP contribution in [-0.2, 0) is 30.6 Å². The van der Waals surface area contributed by atoms with Gasteiger partial charge in [0, 0.05) is 30.6 Å². The van der Waals surface area contributed by atoms with E-state index in [9.17, 15) is 19.1 Å². The maximum absolute atomic E-state index is 14.0. The standard InChI is InChI=1S/C23H22FNO3/c1-12-15-3-2-4-16(17(15)5-7-20(12)24)13-9-14-10-19-18(23(28)25(14)11-13)6-8-21(26)22(19)27/h5,7,10,22,27H,2-4,6,8-9,11H2,1H3/b16-13+. The third kappa shape index (κ3) is 2.46. The minimum atomic E-state index is -1.18. The number of fused-ring (bicyclic) bond motifs is 3. The molecule has 1 atom stereocenters. The number of aliphatic hydroxyl groups is 1. The molecule has 0 amide bonds. The van der Waals surface area contributed by atoms with E-state index >= 15 is 0 Å². The maximum atomic E-state index is 14.0. The van der Waals surface area contributed by atoms with E-state index in [1.54, 1.807) is 4.57 Å². The van der Waals surface area contributed by atoms with Crippen LogP contribution in [0.5, 0.6) is 0 Å². The van der Waals surface area contributed by atoms with E-state index in [0.29, 0.717) is 30.5 Å². The highest BCUT2D eigenvalue weighted by Crippen LogP contribution is 2.39. The van der Waals surface area contributed by atoms with E-state index < -0.39 is 6.10 Å². The summed E-state index contributed by atoms with van der Waals surface area (Å²) in [6.45, 7) is 2.37. The van der Waals surface area contributed by atoms with Crippen LogP contribution >= 0.6 is 0 Å². The zero-order valence-electron chi connectivity index (χ0n) is 15.8. The van der Waals surface area contributed by atoms with Gasteiger partial charge in [-0.05, 0) is 78.1 Å². The van der Waals surface area contributed by atoms with Gasteiger partial charge in [0.2, 0.25) is 0 Å². The first-order valence-electron chi connectivity index (χ1n) is 9.91. The summed E-state index contributed by atoms with van der Waals surface area (Å²) in [7, 11) is 0. The first-order chi connectivity index (χ1) is 13.5. The molecule has 1 unspecified atom stereocenters. The lowest BCUT2D eigenvalue weighted by Gasteiger charge is -2.23. The highest BCUT2D eigenvalue weighted by Gasteiger charge is 2.32. The molecule has 1 aromatic carbocycles. The summed E-state index contributed by atoms with van der Waals surface area (Å²) in [5.41, 5.74) is 7.16. The second kappa shape index (κ2) is 6.24. The van der Waals surface area contributed by atoms with Crippen LogP contribution < -0.4 is 5.56 Å². The Morgan fingerprint density at radius 3 is 2.75 bits per heavy atom. The van der Waals surface area contributed by atoms with Crippen LogP contribution in [0.25, 0.3) is 5.57 Å². The summed E-state index contributed by atoms with van der Waals surface area (Å²) in [5.74, 6) is -0.380. The second-order valence-corrected chi connectivity index (χ2v) is 8.14. The van der Waals surface area contributed by atoms with Crippen LogP contribution in [-0.4, -0.2) is 15.5 Å². The topological polar surface area (TPSA) is 59.3 Å². The molecule has 0 fully saturated rings. The lowest BCUT2D eigenvalue weighted by molar-refractivity contribution is -0.128. The Morgan fingerprint density at radius 1 is 1.11 bits per heavy atom. The highest BCUT2D eigenvalue weighted by molar-refractivity contribution is 5.86. The van der Waals surface area contributed by atoms with Crippen molar-refractivity contribution in [2.24, 2.45) is 0 Å². The van der Waals surface area contributed by atoms with E-state index in [4.69, 9.17) is 0 Å². The van der Waals surface area contributed by atoms with Crippen LogP contribution in [0.3, 0.4) is 0 Å². The SMILES string of the molecule is Cc1c(F)ccc2c1CCC/C2=C1/Cc2cc3c(c(=O)n2C1)CCC(=O)C3O. The fourth-order valence-corrected chi connectivity index (χ4v) is 5.08. The van der Waals surface area contributed by atoms with Gasteiger partial charge in [0.25, 0.3) is 5.56 Å². The van der Waals surface area contributed by atoms with E-state index in [2.05, 4.69) is 0 Å². The average Bonchev–Trinajstić information content (AvgIpc) is 3.12. The molecule has 0 saturated carbocycles. The van der Waals surface area contributed by atoms with Crippen LogP contribution in [0.4, 0.5) is 4.39 Å². The molecular weight excluding hydrogens is 357 g/mol. The third-order valence-electron chi connectivity index (χ3n) is 6.62. The first kappa shape index (κ1) is 17.6. The second-order valence-electron chi connectivity index (χ2n) is 8.14. The predicted molar refractivity (Wildman–Crippen MR) is 104 cm³/mol. The van der Waals surface area contributed by atoms with Crippen LogP contribution in [0.2, 0.25) is 0 Å². The van der Waals surface area contributed by atoms with Gasteiger partial charge in [-0.2, -0.15) is 0 Å². The molecule has 2 aromatic rings. The van der Waals surface area contributed by atoms with Crippen molar-refractivity contribution in [1.82, 2.24) is 4.57 Å². The van der Waals surface area contributed by atoms with Gasteiger partial charge in [0.05, 0.1) is 0 Å². The Labute approximate surface area is 162 Å². The number of hydrogen-bond acceptors (Lipinski definition) is 3. The molecule has 5 rings (SSSR count). The smallest absolute Gasteiger partial charge is 0.254 e. The minimum absolute atomic E-state index is 0.0824. The molecule has 4 nitrogen and oxygen atoms in total. The average molecular weight is 379 g/mol. The fraction of sp³-hybridized carbons (Fsp3) is 0.391. The summed E-state index contributed by atoms with van der Waals surface area (Å²) in [6.07, 6.45) is 2.86. The summed E-state index contributed by atoms with van der Waals surface area (Å²) < 4.78 is 15.8. The summed E-state index contributed by atoms with van der Waals surface area (Å²) in [5, 5.41) is 10.2. The molecule has 28 heavy (non-hydrogen) atoms. The zero-order chi connectivity index (χ0) is 19.6. The number of carbonyl (C=O) groups is 1. The van der Waals surface area contributed by atoms with Crippen molar-refractivity contribution in [1.29, 1.82) is 0 Å². The number of benzene rings is 1. The minimum Gasteiger partial charge on any atom is -0.381 e. The molecular formula is C23H22FNO3. The molecule has 3 aliphatic rings. The van der Waals surface area contributed by atoms with Gasteiger partial charge in [-0.25, -0.2) is 4.39 Å². The predicted octanol–water partition coefficient (Wildman–Crippen LogP) is 3.19. The number of pyridine rings is 1. The molecule has 1 aliphatic heterocycles.